The average Bonchev–Trinajstić information content (AvgIpc) is 3.25. The molecule has 0 saturated carbocycles. The lowest BCUT2D eigenvalue weighted by atomic mass is 10.3. The highest BCUT2D eigenvalue weighted by atomic mass is 32.1. The molecule has 0 fully saturated rings. The molecule has 0 aliphatic rings. The smallest absolute Gasteiger partial charge is 0.272 e. The number of hydrogen-bond acceptors (Lipinski definition) is 5. The lowest BCUT2D eigenvalue weighted by Crippen LogP contribution is -2.23. The number of rotatable bonds is 7. The average molecular weight is 356 g/mol. The molecular formula is C18H20N4O2S. The standard InChI is InChI=1S/C18H20N4O2S/c1-3-15-17(25-12(2)20-15)10-19-18(23)16-9-13(21-22-16)11-24-14-7-5-4-6-8-14/h4-9H,3,10-11H2,1-2H3,(H,19,23)(H,21,22). The number of benzene rings is 1. The summed E-state index contributed by atoms with van der Waals surface area (Å²) in [6.07, 6.45) is 0.860. The topological polar surface area (TPSA) is 79.9 Å². The maximum atomic E-state index is 12.3. The molecule has 1 amide bonds. The molecule has 0 atom stereocenters. The van der Waals surface area contributed by atoms with Crippen LogP contribution in [-0.2, 0) is 19.6 Å². The van der Waals surface area contributed by atoms with Crippen molar-refractivity contribution in [3.05, 3.63) is 63.4 Å². The third-order valence-electron chi connectivity index (χ3n) is 3.63. The number of aromatic nitrogens is 3. The molecular weight excluding hydrogens is 336 g/mol. The van der Waals surface area contributed by atoms with Crippen LogP contribution in [0.25, 0.3) is 0 Å². The molecule has 0 aliphatic heterocycles. The Morgan fingerprint density at radius 1 is 1.32 bits per heavy atom. The van der Waals surface area contributed by atoms with Crippen molar-refractivity contribution in [2.45, 2.75) is 33.4 Å². The number of hydrogen-bond donors (Lipinski definition) is 2. The number of H-pyrrole nitrogens is 1. The van der Waals surface area contributed by atoms with E-state index in [1.165, 1.54) is 0 Å². The van der Waals surface area contributed by atoms with Gasteiger partial charge in [0.1, 0.15) is 18.1 Å². The molecule has 0 spiro atoms. The van der Waals surface area contributed by atoms with E-state index in [0.717, 1.165) is 33.4 Å². The molecule has 3 aromatic rings. The van der Waals surface area contributed by atoms with Gasteiger partial charge in [0.25, 0.3) is 5.91 Å². The summed E-state index contributed by atoms with van der Waals surface area (Å²) < 4.78 is 5.64. The van der Waals surface area contributed by atoms with Gasteiger partial charge in [-0.2, -0.15) is 5.10 Å². The van der Waals surface area contributed by atoms with Gasteiger partial charge >= 0.3 is 0 Å². The molecule has 2 N–H and O–H groups in total. The lowest BCUT2D eigenvalue weighted by molar-refractivity contribution is 0.0946. The fourth-order valence-corrected chi connectivity index (χ4v) is 3.37. The van der Waals surface area contributed by atoms with Crippen LogP contribution in [0.4, 0.5) is 0 Å². The van der Waals surface area contributed by atoms with Crippen LogP contribution in [0, 0.1) is 6.92 Å². The van der Waals surface area contributed by atoms with E-state index >= 15 is 0 Å². The summed E-state index contributed by atoms with van der Waals surface area (Å²) in [4.78, 5) is 17.8. The molecule has 3 rings (SSSR count). The van der Waals surface area contributed by atoms with Crippen molar-refractivity contribution in [2.75, 3.05) is 0 Å². The number of carbonyl (C=O) groups excluding carboxylic acids is 1. The fourth-order valence-electron chi connectivity index (χ4n) is 2.41. The van der Waals surface area contributed by atoms with Gasteiger partial charge in [0.2, 0.25) is 0 Å². The van der Waals surface area contributed by atoms with Crippen molar-refractivity contribution in [2.24, 2.45) is 0 Å². The number of ether oxygens (including phenoxy) is 1. The van der Waals surface area contributed by atoms with Gasteiger partial charge in [-0.15, -0.1) is 11.3 Å². The Kier molecular flexibility index (Phi) is 5.45. The molecule has 7 heteroatoms. The van der Waals surface area contributed by atoms with Gasteiger partial charge < -0.3 is 10.1 Å². The second-order valence-electron chi connectivity index (χ2n) is 5.52. The van der Waals surface area contributed by atoms with Crippen LogP contribution in [0.2, 0.25) is 0 Å². The Bertz CT molecular complexity index is 842. The highest BCUT2D eigenvalue weighted by molar-refractivity contribution is 7.11. The van der Waals surface area contributed by atoms with Crippen LogP contribution < -0.4 is 10.1 Å². The number of aryl methyl sites for hydroxylation is 2. The molecule has 2 heterocycles. The molecule has 6 nitrogen and oxygen atoms in total. The van der Waals surface area contributed by atoms with Crippen molar-refractivity contribution in [1.82, 2.24) is 20.5 Å². The van der Waals surface area contributed by atoms with E-state index < -0.39 is 0 Å². The number of thiazole rings is 1. The molecule has 0 saturated heterocycles. The monoisotopic (exact) mass is 356 g/mol. The summed E-state index contributed by atoms with van der Waals surface area (Å²) in [5, 5.41) is 10.8. The molecule has 0 aliphatic carbocycles. The third kappa shape index (κ3) is 4.45. The number of para-hydroxylation sites is 1. The molecule has 130 valence electrons. The molecule has 25 heavy (non-hydrogen) atoms. The van der Waals surface area contributed by atoms with E-state index in [1.807, 2.05) is 37.3 Å². The largest absolute Gasteiger partial charge is 0.487 e. The van der Waals surface area contributed by atoms with Crippen LogP contribution in [0.15, 0.2) is 36.4 Å². The number of amides is 1. The van der Waals surface area contributed by atoms with E-state index in [9.17, 15) is 4.79 Å². The van der Waals surface area contributed by atoms with Gasteiger partial charge in [0, 0.05) is 4.88 Å². The summed E-state index contributed by atoms with van der Waals surface area (Å²) in [6.45, 7) is 4.84. The summed E-state index contributed by atoms with van der Waals surface area (Å²) in [7, 11) is 0. The second kappa shape index (κ2) is 7.94. The van der Waals surface area contributed by atoms with Gasteiger partial charge in [0.15, 0.2) is 0 Å². The summed E-state index contributed by atoms with van der Waals surface area (Å²) >= 11 is 1.61. The molecule has 0 unspecified atom stereocenters. The Morgan fingerprint density at radius 2 is 2.12 bits per heavy atom. The Hall–Kier alpha value is -2.67. The van der Waals surface area contributed by atoms with Crippen LogP contribution in [0.3, 0.4) is 0 Å². The van der Waals surface area contributed by atoms with Gasteiger partial charge in [-0.1, -0.05) is 25.1 Å². The minimum absolute atomic E-state index is 0.213. The van der Waals surface area contributed by atoms with Crippen LogP contribution in [0.5, 0.6) is 5.75 Å². The summed E-state index contributed by atoms with van der Waals surface area (Å²) in [5.74, 6) is 0.561. The zero-order valence-corrected chi connectivity index (χ0v) is 15.0. The maximum absolute atomic E-state index is 12.3. The van der Waals surface area contributed by atoms with Crippen molar-refractivity contribution >= 4 is 17.2 Å². The maximum Gasteiger partial charge on any atom is 0.272 e. The fraction of sp³-hybridized carbons (Fsp3) is 0.278. The van der Waals surface area contributed by atoms with Crippen molar-refractivity contribution < 1.29 is 9.53 Å². The Labute approximate surface area is 150 Å². The summed E-state index contributed by atoms with van der Waals surface area (Å²) in [5.41, 5.74) is 2.14. The van der Waals surface area contributed by atoms with Gasteiger partial charge in [0.05, 0.1) is 22.9 Å². The minimum atomic E-state index is -0.213. The van der Waals surface area contributed by atoms with Gasteiger partial charge in [-0.25, -0.2) is 4.98 Å². The van der Waals surface area contributed by atoms with Gasteiger partial charge in [-0.3, -0.25) is 9.89 Å². The summed E-state index contributed by atoms with van der Waals surface area (Å²) in [6, 6.07) is 11.2. The first-order valence-corrected chi connectivity index (χ1v) is 8.93. The van der Waals surface area contributed by atoms with E-state index in [2.05, 4.69) is 27.4 Å². The number of nitrogens with one attached hydrogen (secondary N) is 2. The number of aromatic amines is 1. The predicted octanol–water partition coefficient (Wildman–Crippen LogP) is 3.25. The third-order valence-corrected chi connectivity index (χ3v) is 4.64. The van der Waals surface area contributed by atoms with Crippen LogP contribution in [0.1, 0.15) is 38.7 Å². The molecule has 2 aromatic heterocycles. The number of carbonyl (C=O) groups is 1. The second-order valence-corrected chi connectivity index (χ2v) is 6.81. The Morgan fingerprint density at radius 3 is 2.88 bits per heavy atom. The predicted molar refractivity (Wildman–Crippen MR) is 96.8 cm³/mol. The van der Waals surface area contributed by atoms with E-state index in [1.54, 1.807) is 17.4 Å². The van der Waals surface area contributed by atoms with Crippen LogP contribution >= 0.6 is 11.3 Å². The van der Waals surface area contributed by atoms with Crippen molar-refractivity contribution in [1.29, 1.82) is 0 Å². The van der Waals surface area contributed by atoms with Crippen LogP contribution in [-0.4, -0.2) is 21.1 Å². The van der Waals surface area contributed by atoms with Gasteiger partial charge in [-0.05, 0) is 31.5 Å². The highest BCUT2D eigenvalue weighted by Crippen LogP contribution is 2.18. The quantitative estimate of drug-likeness (QED) is 0.681. The molecule has 0 radical (unpaired) electrons. The first-order valence-electron chi connectivity index (χ1n) is 8.11. The zero-order chi connectivity index (χ0) is 17.6. The van der Waals surface area contributed by atoms with E-state index in [0.29, 0.717) is 18.8 Å². The minimum Gasteiger partial charge on any atom is -0.487 e. The zero-order valence-electron chi connectivity index (χ0n) is 14.2. The molecule has 0 bridgehead atoms. The first kappa shape index (κ1) is 17.2. The lowest BCUT2D eigenvalue weighted by Gasteiger charge is -2.03. The number of nitrogens with zero attached hydrogens (tertiary/aromatic N) is 2. The van der Waals surface area contributed by atoms with Crippen molar-refractivity contribution in [3.8, 4) is 5.75 Å². The first-order chi connectivity index (χ1) is 12.2. The molecule has 1 aromatic carbocycles. The SMILES string of the molecule is CCc1nc(C)sc1CNC(=O)c1cc(COc2ccccc2)[nH]n1. The normalized spacial score (nSPS) is 10.6. The highest BCUT2D eigenvalue weighted by Gasteiger charge is 2.13. The van der Waals surface area contributed by atoms with E-state index in [-0.39, 0.29) is 5.91 Å². The van der Waals surface area contributed by atoms with Crippen molar-refractivity contribution in [3.63, 3.8) is 0 Å². The van der Waals surface area contributed by atoms with E-state index in [4.69, 9.17) is 4.74 Å². The Balaban J connectivity index is 1.55.